The Balaban J connectivity index is 1.44. The summed E-state index contributed by atoms with van der Waals surface area (Å²) in [6.07, 6.45) is 8.89. The maximum Gasteiger partial charge on any atom is 0.259 e. The zero-order valence-corrected chi connectivity index (χ0v) is 20.1. The topological polar surface area (TPSA) is 70.1 Å². The fraction of sp³-hybridized carbons (Fsp3) is 0.310. The van der Waals surface area contributed by atoms with Gasteiger partial charge in [-0.15, -0.1) is 0 Å². The third-order valence-electron chi connectivity index (χ3n) is 7.42. The summed E-state index contributed by atoms with van der Waals surface area (Å²) in [6, 6.07) is 14.2. The summed E-state index contributed by atoms with van der Waals surface area (Å²) in [5.74, 6) is -0.669. The number of aromatic amines is 1. The molecular formula is C29H30N4O2. The molecule has 0 saturated carbocycles. The predicted octanol–water partition coefficient (Wildman–Crippen LogP) is 4.87. The summed E-state index contributed by atoms with van der Waals surface area (Å²) in [6.45, 7) is 6.41. The highest BCUT2D eigenvalue weighted by atomic mass is 16.2. The molecule has 4 aromatic rings. The third-order valence-corrected chi connectivity index (χ3v) is 7.42. The normalized spacial score (nSPS) is 17.2. The fourth-order valence-corrected chi connectivity index (χ4v) is 5.69. The molecule has 2 N–H and O–H groups in total. The van der Waals surface area contributed by atoms with E-state index in [1.54, 1.807) is 0 Å². The van der Waals surface area contributed by atoms with Crippen molar-refractivity contribution < 1.29 is 9.59 Å². The lowest BCUT2D eigenvalue weighted by Gasteiger charge is -2.26. The minimum Gasteiger partial charge on any atom is -0.361 e. The molecule has 0 bridgehead atoms. The lowest BCUT2D eigenvalue weighted by molar-refractivity contribution is -0.122. The molecule has 6 rings (SSSR count). The standard InChI is InChI=1S/C29H30N4O2/c1-19-10-11-25-21(16-19)23(18-33(25)15-7-14-32-12-5-2-6-13-32)27-26(28(34)31-29(27)35)22-17-30-24-9-4-3-8-20(22)24/h3-4,8-11,16-18,30H,2,5-7,12-15H2,1H3,(H,31,34,35). The van der Waals surface area contributed by atoms with Crippen LogP contribution in [0.5, 0.6) is 0 Å². The van der Waals surface area contributed by atoms with Crippen LogP contribution >= 0.6 is 0 Å². The van der Waals surface area contributed by atoms with Crippen molar-refractivity contribution in [3.8, 4) is 0 Å². The van der Waals surface area contributed by atoms with Crippen molar-refractivity contribution in [2.75, 3.05) is 19.6 Å². The number of carbonyl (C=O) groups is 2. The number of H-pyrrole nitrogens is 1. The minimum absolute atomic E-state index is 0.329. The van der Waals surface area contributed by atoms with Gasteiger partial charge in [0.1, 0.15) is 0 Å². The van der Waals surface area contributed by atoms with Crippen LogP contribution in [0.15, 0.2) is 54.9 Å². The number of imide groups is 1. The molecule has 4 heterocycles. The second-order valence-corrected chi connectivity index (χ2v) is 9.79. The van der Waals surface area contributed by atoms with E-state index in [1.807, 2.05) is 30.5 Å². The summed E-state index contributed by atoms with van der Waals surface area (Å²) in [7, 11) is 0. The predicted molar refractivity (Wildman–Crippen MR) is 140 cm³/mol. The molecule has 1 saturated heterocycles. The van der Waals surface area contributed by atoms with Gasteiger partial charge in [0.05, 0.1) is 11.1 Å². The number of aryl methyl sites for hydroxylation is 2. The van der Waals surface area contributed by atoms with Crippen LogP contribution in [0.4, 0.5) is 0 Å². The van der Waals surface area contributed by atoms with Crippen molar-refractivity contribution in [2.45, 2.75) is 39.2 Å². The number of nitrogens with zero attached hydrogens (tertiary/aromatic N) is 2. The average Bonchev–Trinajstić information content (AvgIpc) is 3.52. The number of amides is 2. The lowest BCUT2D eigenvalue weighted by atomic mass is 9.95. The van der Waals surface area contributed by atoms with Gasteiger partial charge in [-0.3, -0.25) is 14.9 Å². The van der Waals surface area contributed by atoms with Crippen LogP contribution in [0.1, 0.15) is 42.4 Å². The Labute approximate surface area is 204 Å². The Morgan fingerprint density at radius 2 is 1.63 bits per heavy atom. The number of benzene rings is 2. The molecule has 0 unspecified atom stereocenters. The first-order chi connectivity index (χ1) is 17.1. The van der Waals surface area contributed by atoms with E-state index in [9.17, 15) is 9.59 Å². The van der Waals surface area contributed by atoms with Gasteiger partial charge in [0.15, 0.2) is 0 Å². The summed E-state index contributed by atoms with van der Waals surface area (Å²) in [5.41, 5.74) is 5.66. The lowest BCUT2D eigenvalue weighted by Crippen LogP contribution is -2.31. The smallest absolute Gasteiger partial charge is 0.259 e. The summed E-state index contributed by atoms with van der Waals surface area (Å²) >= 11 is 0. The van der Waals surface area contributed by atoms with E-state index in [0.717, 1.165) is 58.0 Å². The Kier molecular flexibility index (Phi) is 5.53. The Hall–Kier alpha value is -3.64. The molecule has 2 amide bonds. The highest BCUT2D eigenvalue weighted by molar-refractivity contribution is 6.50. The number of piperidine rings is 1. The number of hydrogen-bond acceptors (Lipinski definition) is 3. The maximum absolute atomic E-state index is 13.2. The van der Waals surface area contributed by atoms with Crippen LogP contribution in [0.3, 0.4) is 0 Å². The molecule has 2 aliphatic heterocycles. The van der Waals surface area contributed by atoms with Crippen LogP contribution < -0.4 is 5.32 Å². The van der Waals surface area contributed by atoms with Crippen LogP contribution in [0.25, 0.3) is 33.0 Å². The van der Waals surface area contributed by atoms with Crippen molar-refractivity contribution in [1.29, 1.82) is 0 Å². The highest BCUT2D eigenvalue weighted by Crippen LogP contribution is 2.38. The molecule has 0 aliphatic carbocycles. The molecule has 1 fully saturated rings. The van der Waals surface area contributed by atoms with Gasteiger partial charge in [-0.1, -0.05) is 36.2 Å². The van der Waals surface area contributed by atoms with Gasteiger partial charge >= 0.3 is 0 Å². The number of likely N-dealkylation sites (tertiary alicyclic amines) is 1. The second-order valence-electron chi connectivity index (χ2n) is 9.79. The number of aromatic nitrogens is 2. The summed E-state index contributed by atoms with van der Waals surface area (Å²) in [4.78, 5) is 32.0. The Morgan fingerprint density at radius 1 is 0.857 bits per heavy atom. The van der Waals surface area contributed by atoms with E-state index in [4.69, 9.17) is 0 Å². The van der Waals surface area contributed by atoms with E-state index in [0.29, 0.717) is 11.1 Å². The van der Waals surface area contributed by atoms with Crippen LogP contribution in [-0.4, -0.2) is 45.9 Å². The van der Waals surface area contributed by atoms with Crippen molar-refractivity contribution in [3.05, 3.63) is 71.5 Å². The molecular weight excluding hydrogens is 436 g/mol. The second kappa shape index (κ2) is 8.86. The highest BCUT2D eigenvalue weighted by Gasteiger charge is 2.35. The first-order valence-corrected chi connectivity index (χ1v) is 12.6. The van der Waals surface area contributed by atoms with Gasteiger partial charge in [-0.05, 0) is 64.0 Å². The van der Waals surface area contributed by atoms with E-state index < -0.39 is 0 Å². The van der Waals surface area contributed by atoms with Gasteiger partial charge in [0, 0.05) is 51.9 Å². The van der Waals surface area contributed by atoms with E-state index >= 15 is 0 Å². The Morgan fingerprint density at radius 3 is 2.46 bits per heavy atom. The molecule has 2 aromatic carbocycles. The molecule has 0 spiro atoms. The summed E-state index contributed by atoms with van der Waals surface area (Å²) in [5, 5.41) is 4.51. The number of fused-ring (bicyclic) bond motifs is 2. The quantitative estimate of drug-likeness (QED) is 0.398. The first kappa shape index (κ1) is 21.9. The molecule has 6 heteroatoms. The first-order valence-electron chi connectivity index (χ1n) is 12.6. The average molecular weight is 467 g/mol. The zero-order valence-electron chi connectivity index (χ0n) is 20.1. The maximum atomic E-state index is 13.2. The van der Waals surface area contributed by atoms with Gasteiger partial charge in [-0.2, -0.15) is 0 Å². The number of para-hydroxylation sites is 1. The van der Waals surface area contributed by atoms with Crippen molar-refractivity contribution in [3.63, 3.8) is 0 Å². The number of nitrogens with one attached hydrogen (secondary N) is 2. The molecule has 2 aliphatic rings. The third kappa shape index (κ3) is 3.88. The monoisotopic (exact) mass is 466 g/mol. The van der Waals surface area contributed by atoms with E-state index in [2.05, 4.69) is 51.1 Å². The number of carbonyl (C=O) groups excluding carboxylic acids is 2. The molecule has 2 aromatic heterocycles. The zero-order chi connectivity index (χ0) is 23.9. The molecule has 35 heavy (non-hydrogen) atoms. The molecule has 0 atom stereocenters. The molecule has 178 valence electrons. The van der Waals surface area contributed by atoms with Crippen molar-refractivity contribution >= 4 is 44.8 Å². The fourth-order valence-electron chi connectivity index (χ4n) is 5.69. The number of rotatable bonds is 6. The van der Waals surface area contributed by atoms with E-state index in [1.165, 1.54) is 32.4 Å². The summed E-state index contributed by atoms with van der Waals surface area (Å²) < 4.78 is 2.25. The van der Waals surface area contributed by atoms with Gasteiger partial charge < -0.3 is 14.5 Å². The van der Waals surface area contributed by atoms with Crippen molar-refractivity contribution in [2.24, 2.45) is 0 Å². The van der Waals surface area contributed by atoms with Crippen molar-refractivity contribution in [1.82, 2.24) is 19.8 Å². The van der Waals surface area contributed by atoms with Gasteiger partial charge in [0.2, 0.25) is 0 Å². The molecule has 0 radical (unpaired) electrons. The minimum atomic E-state index is -0.339. The Bertz CT molecular complexity index is 1480. The number of hydrogen-bond donors (Lipinski definition) is 2. The van der Waals surface area contributed by atoms with Gasteiger partial charge in [-0.25, -0.2) is 0 Å². The molecule has 6 nitrogen and oxygen atoms in total. The van der Waals surface area contributed by atoms with Crippen LogP contribution in [0.2, 0.25) is 0 Å². The SMILES string of the molecule is Cc1ccc2c(c1)c(C1=C(c3c[nH]c4ccccc34)C(=O)NC1=O)cn2CCCN1CCCCC1. The van der Waals surface area contributed by atoms with Crippen LogP contribution in [-0.2, 0) is 16.1 Å². The van der Waals surface area contributed by atoms with Crippen LogP contribution in [0, 0.1) is 6.92 Å². The largest absolute Gasteiger partial charge is 0.361 e. The van der Waals surface area contributed by atoms with E-state index in [-0.39, 0.29) is 11.8 Å². The van der Waals surface area contributed by atoms with Gasteiger partial charge in [0.25, 0.3) is 11.8 Å².